The molecule has 0 N–H and O–H groups in total. The summed E-state index contributed by atoms with van der Waals surface area (Å²) in [7, 11) is 0. The highest BCUT2D eigenvalue weighted by Crippen LogP contribution is 2.04. The summed E-state index contributed by atoms with van der Waals surface area (Å²) in [5.41, 5.74) is 0.384. The summed E-state index contributed by atoms with van der Waals surface area (Å²) >= 11 is 0. The summed E-state index contributed by atoms with van der Waals surface area (Å²) in [6.07, 6.45) is 2.07. The van der Waals surface area contributed by atoms with Gasteiger partial charge in [0, 0.05) is 18.3 Å². The highest BCUT2D eigenvalue weighted by atomic mass is 16.5. The van der Waals surface area contributed by atoms with Crippen molar-refractivity contribution in [2.24, 2.45) is 11.8 Å². The Kier molecular flexibility index (Phi) is 6.51. The van der Waals surface area contributed by atoms with Crippen LogP contribution in [-0.2, 0) is 16.1 Å². The van der Waals surface area contributed by atoms with Crippen LogP contribution in [-0.4, -0.2) is 39.8 Å². The van der Waals surface area contributed by atoms with Gasteiger partial charge >= 0.3 is 0 Å². The number of ether oxygens (including phenoxy) is 1. The average Bonchev–Trinajstić information content (AvgIpc) is 2.85. The van der Waals surface area contributed by atoms with Gasteiger partial charge in [-0.05, 0) is 0 Å². The second-order valence-corrected chi connectivity index (χ2v) is 5.37. The highest BCUT2D eigenvalue weighted by molar-refractivity contribution is 5.95. The van der Waals surface area contributed by atoms with Crippen LogP contribution < -0.4 is 0 Å². The molecule has 0 aromatic carbocycles. The lowest BCUT2D eigenvalue weighted by molar-refractivity contribution is -0.123. The monoisotopic (exact) mass is 281 g/mol. The van der Waals surface area contributed by atoms with E-state index in [2.05, 4.69) is 10.3 Å². The molecule has 0 fully saturated rings. The molecule has 1 aromatic rings. The van der Waals surface area contributed by atoms with E-state index < -0.39 is 0 Å². The number of nitrogens with zero attached hydrogens (tertiary/aromatic N) is 3. The van der Waals surface area contributed by atoms with E-state index in [1.54, 1.807) is 10.9 Å². The zero-order valence-corrected chi connectivity index (χ0v) is 12.6. The first-order chi connectivity index (χ1) is 9.41. The molecule has 0 spiro atoms. The molecule has 0 saturated heterocycles. The first kappa shape index (κ1) is 16.5. The topological polar surface area (TPSA) is 74.1 Å². The van der Waals surface area contributed by atoms with Gasteiger partial charge in [-0.25, -0.2) is 4.68 Å². The number of aromatic nitrogens is 3. The van der Waals surface area contributed by atoms with Crippen molar-refractivity contribution in [3.63, 3.8) is 0 Å². The quantitative estimate of drug-likeness (QED) is 0.509. The third-order valence-corrected chi connectivity index (χ3v) is 2.92. The zero-order chi connectivity index (χ0) is 15.1. The first-order valence-electron chi connectivity index (χ1n) is 6.96. The van der Waals surface area contributed by atoms with E-state index in [4.69, 9.17) is 4.74 Å². The summed E-state index contributed by atoms with van der Waals surface area (Å²) in [6.45, 7) is 8.81. The fourth-order valence-corrected chi connectivity index (χ4v) is 1.54. The molecule has 112 valence electrons. The minimum atomic E-state index is -0.0848. The van der Waals surface area contributed by atoms with Gasteiger partial charge in [-0.3, -0.25) is 9.59 Å². The maximum absolute atomic E-state index is 11.7. The van der Waals surface area contributed by atoms with Crippen LogP contribution in [0.1, 0.15) is 44.6 Å². The van der Waals surface area contributed by atoms with Crippen LogP contribution in [0.2, 0.25) is 0 Å². The third kappa shape index (κ3) is 5.21. The van der Waals surface area contributed by atoms with Gasteiger partial charge in [-0.15, -0.1) is 5.10 Å². The van der Waals surface area contributed by atoms with Gasteiger partial charge in [-0.2, -0.15) is 0 Å². The number of hydrogen-bond acceptors (Lipinski definition) is 5. The maximum Gasteiger partial charge on any atom is 0.187 e. The van der Waals surface area contributed by atoms with E-state index >= 15 is 0 Å². The van der Waals surface area contributed by atoms with Crippen molar-refractivity contribution >= 4 is 11.6 Å². The molecular formula is C14H23N3O3. The molecule has 6 heteroatoms. The van der Waals surface area contributed by atoms with Gasteiger partial charge in [0.1, 0.15) is 11.5 Å². The molecule has 1 heterocycles. The maximum atomic E-state index is 11.7. The Morgan fingerprint density at radius 2 is 1.90 bits per heavy atom. The second kappa shape index (κ2) is 7.89. The summed E-state index contributed by atoms with van der Waals surface area (Å²) < 4.78 is 6.96. The van der Waals surface area contributed by atoms with Crippen molar-refractivity contribution < 1.29 is 14.3 Å². The van der Waals surface area contributed by atoms with Gasteiger partial charge in [0.15, 0.2) is 5.78 Å². The molecule has 0 aliphatic rings. The Bertz CT molecular complexity index is 452. The highest BCUT2D eigenvalue weighted by Gasteiger charge is 2.14. The van der Waals surface area contributed by atoms with Gasteiger partial charge < -0.3 is 4.74 Å². The van der Waals surface area contributed by atoms with Crippen LogP contribution in [0.15, 0.2) is 6.20 Å². The van der Waals surface area contributed by atoms with Crippen molar-refractivity contribution in [3.05, 3.63) is 11.9 Å². The van der Waals surface area contributed by atoms with E-state index in [1.165, 1.54) is 0 Å². The van der Waals surface area contributed by atoms with E-state index in [0.717, 1.165) is 0 Å². The molecule has 0 saturated carbocycles. The number of hydrogen-bond donors (Lipinski definition) is 0. The number of rotatable bonds is 9. The Labute approximate surface area is 119 Å². The minimum absolute atomic E-state index is 0.0142. The zero-order valence-electron chi connectivity index (χ0n) is 12.6. The van der Waals surface area contributed by atoms with Crippen molar-refractivity contribution in [1.82, 2.24) is 15.0 Å². The van der Waals surface area contributed by atoms with Gasteiger partial charge in [0.2, 0.25) is 0 Å². The number of carbonyl (C=O) groups excluding carboxylic acids is 2. The molecule has 0 bridgehead atoms. The molecule has 0 unspecified atom stereocenters. The van der Waals surface area contributed by atoms with Crippen LogP contribution in [0, 0.1) is 11.8 Å². The SMILES string of the molecule is CC(C)C(=O)CCOCCn1cc(C(=O)C(C)C)nn1. The summed E-state index contributed by atoms with van der Waals surface area (Å²) in [6, 6.07) is 0. The summed E-state index contributed by atoms with van der Waals surface area (Å²) in [5, 5.41) is 7.72. The minimum Gasteiger partial charge on any atom is -0.379 e. The predicted molar refractivity (Wildman–Crippen MR) is 74.5 cm³/mol. The van der Waals surface area contributed by atoms with E-state index in [-0.39, 0.29) is 23.4 Å². The van der Waals surface area contributed by atoms with Gasteiger partial charge in [0.25, 0.3) is 0 Å². The molecular weight excluding hydrogens is 258 g/mol. The average molecular weight is 281 g/mol. The molecule has 0 aliphatic carbocycles. The molecule has 0 amide bonds. The Morgan fingerprint density at radius 1 is 1.20 bits per heavy atom. The molecule has 1 aromatic heterocycles. The van der Waals surface area contributed by atoms with Crippen molar-refractivity contribution in [2.45, 2.75) is 40.7 Å². The van der Waals surface area contributed by atoms with Crippen molar-refractivity contribution in [2.75, 3.05) is 13.2 Å². The molecule has 6 nitrogen and oxygen atoms in total. The fourth-order valence-electron chi connectivity index (χ4n) is 1.54. The molecule has 0 aliphatic heterocycles. The summed E-state index contributed by atoms with van der Waals surface area (Å²) in [5.74, 6) is 0.159. The van der Waals surface area contributed by atoms with E-state index in [1.807, 2.05) is 27.7 Å². The smallest absolute Gasteiger partial charge is 0.187 e. The summed E-state index contributed by atoms with van der Waals surface area (Å²) in [4.78, 5) is 23.1. The van der Waals surface area contributed by atoms with Crippen LogP contribution in [0.4, 0.5) is 0 Å². The standard InChI is InChI=1S/C14H23N3O3/c1-10(2)13(18)5-7-20-8-6-17-9-12(15-16-17)14(19)11(3)4/h9-11H,5-8H2,1-4H3. The van der Waals surface area contributed by atoms with Gasteiger partial charge in [0.05, 0.1) is 26.0 Å². The van der Waals surface area contributed by atoms with Crippen LogP contribution in [0.3, 0.4) is 0 Å². The van der Waals surface area contributed by atoms with E-state index in [9.17, 15) is 9.59 Å². The Hall–Kier alpha value is -1.56. The van der Waals surface area contributed by atoms with Crippen LogP contribution in [0.25, 0.3) is 0 Å². The lowest BCUT2D eigenvalue weighted by Crippen LogP contribution is -2.13. The second-order valence-electron chi connectivity index (χ2n) is 5.37. The molecule has 20 heavy (non-hydrogen) atoms. The first-order valence-corrected chi connectivity index (χ1v) is 6.96. The van der Waals surface area contributed by atoms with Crippen LogP contribution in [0.5, 0.6) is 0 Å². The van der Waals surface area contributed by atoms with Gasteiger partial charge in [-0.1, -0.05) is 32.9 Å². The lowest BCUT2D eigenvalue weighted by Gasteiger charge is -2.05. The lowest BCUT2D eigenvalue weighted by atomic mass is 10.1. The van der Waals surface area contributed by atoms with Crippen molar-refractivity contribution in [1.29, 1.82) is 0 Å². The Morgan fingerprint density at radius 3 is 2.50 bits per heavy atom. The predicted octanol–water partition coefficient (Wildman–Crippen LogP) is 1.75. The number of ketones is 2. The number of Topliss-reactive ketones (excluding diaryl/α,β-unsaturated/α-hetero) is 2. The fraction of sp³-hybridized carbons (Fsp3) is 0.714. The molecule has 0 radical (unpaired) electrons. The van der Waals surface area contributed by atoms with Crippen LogP contribution >= 0.6 is 0 Å². The third-order valence-electron chi connectivity index (χ3n) is 2.92. The van der Waals surface area contributed by atoms with E-state index in [0.29, 0.717) is 31.9 Å². The molecule has 0 atom stereocenters. The molecule has 1 rings (SSSR count). The normalized spacial score (nSPS) is 11.3. The van der Waals surface area contributed by atoms with Crippen molar-refractivity contribution in [3.8, 4) is 0 Å². The Balaban J connectivity index is 2.26. The number of carbonyl (C=O) groups is 2. The largest absolute Gasteiger partial charge is 0.379 e.